The van der Waals surface area contributed by atoms with E-state index in [1.807, 2.05) is 32.3 Å². The Labute approximate surface area is 90.0 Å². The van der Waals surface area contributed by atoms with E-state index in [1.54, 1.807) is 6.08 Å². The molecule has 1 rings (SSSR count). The normalized spacial score (nSPS) is 10.4. The summed E-state index contributed by atoms with van der Waals surface area (Å²) in [5.41, 5.74) is 7.63. The van der Waals surface area contributed by atoms with Crippen LogP contribution in [-0.2, 0) is 0 Å². The molecular weight excluding hydrogens is 192 g/mol. The van der Waals surface area contributed by atoms with E-state index in [0.717, 1.165) is 5.56 Å². The van der Waals surface area contributed by atoms with Gasteiger partial charge in [-0.1, -0.05) is 30.4 Å². The number of hydrogen-bond donors (Lipinski definition) is 1. The number of hydrogen-bond acceptors (Lipinski definition) is 2. The van der Waals surface area contributed by atoms with Gasteiger partial charge in [-0.05, 0) is 23.8 Å². The molecule has 0 aliphatic heterocycles. The van der Waals surface area contributed by atoms with Crippen molar-refractivity contribution in [3.63, 3.8) is 0 Å². The fourth-order valence-corrected chi connectivity index (χ4v) is 1.13. The first-order valence-electron chi connectivity index (χ1n) is 4.34. The van der Waals surface area contributed by atoms with Gasteiger partial charge in [0.05, 0.1) is 4.99 Å². The second-order valence-corrected chi connectivity index (χ2v) is 3.69. The molecule has 2 N–H and O–H groups in total. The lowest BCUT2D eigenvalue weighted by Crippen LogP contribution is -2.07. The molecule has 0 amide bonds. The second kappa shape index (κ2) is 4.77. The summed E-state index contributed by atoms with van der Waals surface area (Å²) >= 11 is 4.74. The van der Waals surface area contributed by atoms with Gasteiger partial charge in [-0.15, -0.1) is 0 Å². The number of benzene rings is 1. The zero-order chi connectivity index (χ0) is 10.6. The Morgan fingerprint density at radius 3 is 2.29 bits per heavy atom. The fraction of sp³-hybridized carbons (Fsp3) is 0.182. The van der Waals surface area contributed by atoms with Crippen LogP contribution in [0.15, 0.2) is 30.3 Å². The molecule has 3 heteroatoms. The molecule has 14 heavy (non-hydrogen) atoms. The van der Waals surface area contributed by atoms with Gasteiger partial charge in [-0.2, -0.15) is 0 Å². The van der Waals surface area contributed by atoms with Crippen molar-refractivity contribution in [2.24, 2.45) is 5.73 Å². The number of thiocarbonyl (C=S) groups is 1. The molecule has 0 saturated carbocycles. The lowest BCUT2D eigenvalue weighted by molar-refractivity contribution is 1.13. The second-order valence-electron chi connectivity index (χ2n) is 3.22. The SMILES string of the molecule is CN(C)c1ccc(C=CC(N)=S)cc1. The molecule has 0 heterocycles. The molecule has 1 aromatic carbocycles. The maximum absolute atomic E-state index is 5.35. The highest BCUT2D eigenvalue weighted by Crippen LogP contribution is 2.12. The van der Waals surface area contributed by atoms with Gasteiger partial charge >= 0.3 is 0 Å². The number of nitrogens with two attached hydrogens (primary N) is 1. The van der Waals surface area contributed by atoms with Crippen molar-refractivity contribution in [3.05, 3.63) is 35.9 Å². The van der Waals surface area contributed by atoms with Gasteiger partial charge < -0.3 is 10.6 Å². The lowest BCUT2D eigenvalue weighted by Gasteiger charge is -2.11. The predicted molar refractivity (Wildman–Crippen MR) is 66.6 cm³/mol. The van der Waals surface area contributed by atoms with Crippen molar-refractivity contribution < 1.29 is 0 Å². The largest absolute Gasteiger partial charge is 0.390 e. The van der Waals surface area contributed by atoms with Gasteiger partial charge in [0.1, 0.15) is 0 Å². The summed E-state index contributed by atoms with van der Waals surface area (Å²) in [6.07, 6.45) is 3.63. The Bertz CT molecular complexity index is 339. The maximum Gasteiger partial charge on any atom is 0.0962 e. The van der Waals surface area contributed by atoms with Crippen LogP contribution in [0.4, 0.5) is 5.69 Å². The summed E-state index contributed by atoms with van der Waals surface area (Å²) in [6.45, 7) is 0. The van der Waals surface area contributed by atoms with Crippen LogP contribution in [0, 0.1) is 0 Å². The van der Waals surface area contributed by atoms with Crippen LogP contribution in [0.25, 0.3) is 6.08 Å². The van der Waals surface area contributed by atoms with E-state index in [2.05, 4.69) is 17.0 Å². The number of anilines is 1. The summed E-state index contributed by atoms with van der Waals surface area (Å²) in [5.74, 6) is 0. The van der Waals surface area contributed by atoms with Gasteiger partial charge in [0.2, 0.25) is 0 Å². The van der Waals surface area contributed by atoms with Crippen LogP contribution < -0.4 is 10.6 Å². The number of nitrogens with zero attached hydrogens (tertiary/aromatic N) is 1. The molecule has 0 atom stereocenters. The minimum absolute atomic E-state index is 0.404. The summed E-state index contributed by atoms with van der Waals surface area (Å²) < 4.78 is 0. The Hall–Kier alpha value is -1.35. The zero-order valence-electron chi connectivity index (χ0n) is 8.40. The van der Waals surface area contributed by atoms with Gasteiger partial charge in [0.25, 0.3) is 0 Å². The highest BCUT2D eigenvalue weighted by molar-refractivity contribution is 7.80. The highest BCUT2D eigenvalue weighted by Gasteiger charge is 1.93. The molecule has 0 aliphatic rings. The van der Waals surface area contributed by atoms with Crippen LogP contribution in [0.3, 0.4) is 0 Å². The molecule has 2 nitrogen and oxygen atoms in total. The van der Waals surface area contributed by atoms with Crippen molar-refractivity contribution in [1.29, 1.82) is 0 Å². The average molecular weight is 206 g/mol. The predicted octanol–water partition coefficient (Wildman–Crippen LogP) is 2.05. The van der Waals surface area contributed by atoms with Gasteiger partial charge in [-0.3, -0.25) is 0 Å². The summed E-state index contributed by atoms with van der Waals surface area (Å²) in [6, 6.07) is 8.17. The smallest absolute Gasteiger partial charge is 0.0962 e. The van der Waals surface area contributed by atoms with E-state index in [0.29, 0.717) is 4.99 Å². The first-order chi connectivity index (χ1) is 6.59. The van der Waals surface area contributed by atoms with E-state index in [4.69, 9.17) is 18.0 Å². The number of rotatable bonds is 3. The molecule has 0 aromatic heterocycles. The van der Waals surface area contributed by atoms with E-state index >= 15 is 0 Å². The molecule has 0 unspecified atom stereocenters. The van der Waals surface area contributed by atoms with E-state index in [1.165, 1.54) is 5.69 Å². The Balaban J connectivity index is 2.78. The standard InChI is InChI=1S/C11H14N2S/c1-13(2)10-6-3-9(4-7-10)5-8-11(12)14/h3-8H,1-2H3,(H2,12,14). The van der Waals surface area contributed by atoms with Gasteiger partial charge in [-0.25, -0.2) is 0 Å². The Kier molecular flexibility index (Phi) is 3.65. The van der Waals surface area contributed by atoms with Crippen molar-refractivity contribution in [2.45, 2.75) is 0 Å². The molecular formula is C11H14N2S. The summed E-state index contributed by atoms with van der Waals surface area (Å²) in [5, 5.41) is 0. The third-order valence-electron chi connectivity index (χ3n) is 1.85. The first-order valence-corrected chi connectivity index (χ1v) is 4.75. The topological polar surface area (TPSA) is 29.3 Å². The van der Waals surface area contributed by atoms with Gasteiger partial charge in [0.15, 0.2) is 0 Å². The van der Waals surface area contributed by atoms with Crippen LogP contribution >= 0.6 is 12.2 Å². The van der Waals surface area contributed by atoms with E-state index < -0.39 is 0 Å². The molecule has 0 fully saturated rings. The molecule has 0 spiro atoms. The fourth-order valence-electron chi connectivity index (χ4n) is 1.06. The maximum atomic E-state index is 5.35. The molecule has 0 saturated heterocycles. The van der Waals surface area contributed by atoms with E-state index in [-0.39, 0.29) is 0 Å². The monoisotopic (exact) mass is 206 g/mol. The zero-order valence-corrected chi connectivity index (χ0v) is 9.21. The molecule has 1 aromatic rings. The Morgan fingerprint density at radius 2 is 1.86 bits per heavy atom. The third kappa shape index (κ3) is 3.18. The Morgan fingerprint density at radius 1 is 1.29 bits per heavy atom. The molecule has 0 radical (unpaired) electrons. The van der Waals surface area contributed by atoms with Crippen molar-refractivity contribution in [3.8, 4) is 0 Å². The van der Waals surface area contributed by atoms with Crippen LogP contribution in [0.5, 0.6) is 0 Å². The average Bonchev–Trinajstić information content (AvgIpc) is 2.15. The van der Waals surface area contributed by atoms with Crippen molar-refractivity contribution in [1.82, 2.24) is 0 Å². The lowest BCUT2D eigenvalue weighted by atomic mass is 10.2. The summed E-state index contributed by atoms with van der Waals surface area (Å²) in [4.78, 5) is 2.46. The first kappa shape index (κ1) is 10.7. The molecule has 0 aliphatic carbocycles. The van der Waals surface area contributed by atoms with E-state index in [9.17, 15) is 0 Å². The van der Waals surface area contributed by atoms with Crippen LogP contribution in [0.1, 0.15) is 5.56 Å². The van der Waals surface area contributed by atoms with Gasteiger partial charge in [0, 0.05) is 19.8 Å². The molecule has 0 bridgehead atoms. The molecule has 74 valence electrons. The minimum Gasteiger partial charge on any atom is -0.390 e. The van der Waals surface area contributed by atoms with Crippen LogP contribution in [0.2, 0.25) is 0 Å². The minimum atomic E-state index is 0.404. The quantitative estimate of drug-likeness (QED) is 0.606. The third-order valence-corrected chi connectivity index (χ3v) is 1.99. The van der Waals surface area contributed by atoms with Crippen molar-refractivity contribution >= 4 is 29.0 Å². The summed E-state index contributed by atoms with van der Waals surface area (Å²) in [7, 11) is 4.03. The van der Waals surface area contributed by atoms with Crippen LogP contribution in [-0.4, -0.2) is 19.1 Å². The van der Waals surface area contributed by atoms with Crippen molar-refractivity contribution in [2.75, 3.05) is 19.0 Å². The highest BCUT2D eigenvalue weighted by atomic mass is 32.1.